The molecule has 0 saturated heterocycles. The Bertz CT molecular complexity index is 524. The second-order valence-electron chi connectivity index (χ2n) is 2.97. The van der Waals surface area contributed by atoms with Gasteiger partial charge in [0.25, 0.3) is 11.8 Å². The van der Waals surface area contributed by atoms with Gasteiger partial charge in [0, 0.05) is 6.92 Å². The number of imide groups is 1. The molecule has 0 bridgehead atoms. The van der Waals surface area contributed by atoms with Gasteiger partial charge in [0.05, 0.1) is 12.5 Å². The molecule has 5 nitrogen and oxygen atoms in total. The van der Waals surface area contributed by atoms with Crippen molar-refractivity contribution in [1.29, 1.82) is 0 Å². The van der Waals surface area contributed by atoms with Gasteiger partial charge in [0.1, 0.15) is 5.75 Å². The average molecular weight is 207 g/mol. The Balaban J connectivity index is 2.64. The molecule has 1 aromatic carbocycles. The minimum Gasteiger partial charge on any atom is -0.426 e. The molecule has 0 fully saturated rings. The number of esters is 1. The molecule has 5 heteroatoms. The number of hydrogen-bond donors (Lipinski definition) is 1. The van der Waals surface area contributed by atoms with Crippen LogP contribution in [0.1, 0.15) is 29.0 Å². The van der Waals surface area contributed by atoms with E-state index in [1.54, 1.807) is 0 Å². The number of amides is 2. The van der Waals surface area contributed by atoms with Crippen LogP contribution in [0, 0.1) is 0 Å². The summed E-state index contributed by atoms with van der Waals surface area (Å²) in [5.41, 5.74) is 0.0740. The van der Waals surface area contributed by atoms with Crippen LogP contribution >= 0.6 is 0 Å². The Morgan fingerprint density at radius 1 is 1.47 bits per heavy atom. The van der Waals surface area contributed by atoms with E-state index in [0.717, 1.165) is 6.92 Å². The van der Waals surface area contributed by atoms with E-state index in [2.05, 4.69) is 5.32 Å². The van der Waals surface area contributed by atoms with Crippen LogP contribution in [0.4, 0.5) is 0 Å². The van der Waals surface area contributed by atoms with Gasteiger partial charge in [0.15, 0.2) is 0 Å². The van der Waals surface area contributed by atoms with Gasteiger partial charge in [-0.15, -0.1) is 0 Å². The first-order valence-electron chi connectivity index (χ1n) is 4.68. The summed E-state index contributed by atoms with van der Waals surface area (Å²) in [5.74, 6) is -2.01. The molecule has 2 amide bonds. The number of nitrogens with one attached hydrogen (secondary N) is 1. The minimum atomic E-state index is -0.648. The van der Waals surface area contributed by atoms with E-state index in [4.69, 9.17) is 6.11 Å². The molecule has 1 aromatic rings. The summed E-state index contributed by atoms with van der Waals surface area (Å²) in [6.07, 6.45) is 0. The normalized spacial score (nSPS) is 14.3. The zero-order chi connectivity index (χ0) is 11.9. The Morgan fingerprint density at radius 3 is 2.87 bits per heavy atom. The van der Waals surface area contributed by atoms with Gasteiger partial charge in [-0.3, -0.25) is 19.7 Å². The van der Waals surface area contributed by atoms with Gasteiger partial charge >= 0.3 is 5.97 Å². The summed E-state index contributed by atoms with van der Waals surface area (Å²) < 4.78 is 12.3. The van der Waals surface area contributed by atoms with Crippen LogP contribution in [0.15, 0.2) is 18.2 Å². The van der Waals surface area contributed by atoms with Crippen LogP contribution in [0.3, 0.4) is 0 Å². The molecule has 0 unspecified atom stereocenters. The third kappa shape index (κ3) is 1.48. The number of rotatable bonds is 1. The molecule has 0 saturated carbocycles. The summed E-state index contributed by atoms with van der Waals surface area (Å²) >= 11 is 0. The first-order valence-corrected chi connectivity index (χ1v) is 4.18. The Morgan fingerprint density at radius 2 is 2.20 bits per heavy atom. The quantitative estimate of drug-likeness (QED) is 0.413. The lowest BCUT2D eigenvalue weighted by molar-refractivity contribution is -0.131. The first kappa shape index (κ1) is 8.16. The summed E-state index contributed by atoms with van der Waals surface area (Å²) in [4.78, 5) is 33.5. The summed E-state index contributed by atoms with van der Waals surface area (Å²) in [7, 11) is 0. The van der Waals surface area contributed by atoms with Crippen molar-refractivity contribution in [3.05, 3.63) is 29.3 Å². The third-order valence-corrected chi connectivity index (χ3v) is 1.91. The molecule has 1 N–H and O–H groups in total. The van der Waals surface area contributed by atoms with Gasteiger partial charge in [-0.2, -0.15) is 0 Å². The number of carbonyl (C=O) groups is 3. The molecule has 0 atom stereocenters. The molecule has 76 valence electrons. The highest BCUT2D eigenvalue weighted by atomic mass is 16.5. The van der Waals surface area contributed by atoms with Gasteiger partial charge in [-0.25, -0.2) is 0 Å². The Labute approximate surface area is 86.4 Å². The molecule has 1 heterocycles. The van der Waals surface area contributed by atoms with Crippen molar-refractivity contribution in [1.82, 2.24) is 5.32 Å². The zero-order valence-corrected chi connectivity index (χ0v) is 7.79. The minimum absolute atomic E-state index is 0.0484. The highest BCUT2D eigenvalue weighted by Gasteiger charge is 2.30. The second kappa shape index (κ2) is 3.20. The third-order valence-electron chi connectivity index (χ3n) is 1.91. The fraction of sp³-hybridized carbons (Fsp3) is 0.100. The molecular formula is C10H7NO4. The van der Waals surface area contributed by atoms with Gasteiger partial charge < -0.3 is 4.74 Å². The van der Waals surface area contributed by atoms with E-state index >= 15 is 0 Å². The molecule has 0 spiro atoms. The van der Waals surface area contributed by atoms with Crippen LogP contribution in [0.5, 0.6) is 5.75 Å². The van der Waals surface area contributed by atoms with Crippen molar-refractivity contribution in [3.63, 3.8) is 0 Å². The largest absolute Gasteiger partial charge is 0.426 e. The molecule has 0 radical (unpaired) electrons. The van der Waals surface area contributed by atoms with Crippen LogP contribution in [-0.4, -0.2) is 17.8 Å². The summed E-state index contributed by atoms with van der Waals surface area (Å²) in [6.45, 7) is 1.16. The molecule has 0 aromatic heterocycles. The van der Waals surface area contributed by atoms with E-state index in [1.807, 2.05) is 0 Å². The number of ether oxygens (including phenoxy) is 1. The number of benzene rings is 1. The molecule has 1 aliphatic rings. The van der Waals surface area contributed by atoms with E-state index in [9.17, 15) is 14.4 Å². The number of carbonyl (C=O) groups excluding carboxylic acids is 3. The molecule has 1 aliphatic heterocycles. The van der Waals surface area contributed by atoms with Gasteiger partial charge in [-0.05, 0) is 12.1 Å². The molecule has 15 heavy (non-hydrogen) atoms. The zero-order valence-electron chi connectivity index (χ0n) is 8.79. The van der Waals surface area contributed by atoms with E-state index in [1.165, 1.54) is 12.1 Å². The lowest BCUT2D eigenvalue weighted by atomic mass is 10.1. The van der Waals surface area contributed by atoms with Crippen molar-refractivity contribution in [2.45, 2.75) is 6.92 Å². The Hall–Kier alpha value is -2.17. The maximum atomic E-state index is 11.4. The standard InChI is InChI=1S/C10H7NO4/c1-5(12)15-7-4-2-3-6-8(7)10(14)11-9(6)13/h2-4H,1H3,(H,11,13,14)/i4T. The highest BCUT2D eigenvalue weighted by molar-refractivity contribution is 6.22. The maximum absolute atomic E-state index is 11.4. The van der Waals surface area contributed by atoms with Crippen molar-refractivity contribution >= 4 is 17.8 Å². The fourth-order valence-corrected chi connectivity index (χ4v) is 1.35. The van der Waals surface area contributed by atoms with Crippen LogP contribution in [0.25, 0.3) is 0 Å². The van der Waals surface area contributed by atoms with Gasteiger partial charge in [-0.1, -0.05) is 6.07 Å². The lowest BCUT2D eigenvalue weighted by Crippen LogP contribution is -2.20. The fourth-order valence-electron chi connectivity index (χ4n) is 1.35. The summed E-state index contributed by atoms with van der Waals surface area (Å²) in [5, 5.41) is 2.07. The molecular weight excluding hydrogens is 198 g/mol. The van der Waals surface area contributed by atoms with Crippen LogP contribution in [-0.2, 0) is 4.79 Å². The second-order valence-corrected chi connectivity index (χ2v) is 2.97. The maximum Gasteiger partial charge on any atom is 0.308 e. The SMILES string of the molecule is [3H]c1ccc2c(c1OC(C)=O)C(=O)NC2=O. The lowest BCUT2D eigenvalue weighted by Gasteiger charge is -2.03. The Kier molecular flexibility index (Phi) is 1.74. The number of fused-ring (bicyclic) bond motifs is 1. The van der Waals surface area contributed by atoms with Crippen LogP contribution in [0.2, 0.25) is 0 Å². The van der Waals surface area contributed by atoms with Crippen molar-refractivity contribution in [2.75, 3.05) is 0 Å². The smallest absolute Gasteiger partial charge is 0.308 e. The molecule has 2 rings (SSSR count). The van der Waals surface area contributed by atoms with Crippen molar-refractivity contribution in [3.8, 4) is 5.75 Å². The van der Waals surface area contributed by atoms with Crippen LogP contribution < -0.4 is 10.1 Å². The van der Waals surface area contributed by atoms with Crippen molar-refractivity contribution in [2.24, 2.45) is 0 Å². The predicted octanol–water partition coefficient (Wildman–Crippen LogP) is 0.496. The van der Waals surface area contributed by atoms with E-state index < -0.39 is 17.8 Å². The molecule has 0 aliphatic carbocycles. The first-order chi connectivity index (χ1) is 7.50. The van der Waals surface area contributed by atoms with E-state index in [0.29, 0.717) is 0 Å². The predicted molar refractivity (Wildman–Crippen MR) is 49.5 cm³/mol. The van der Waals surface area contributed by atoms with E-state index in [-0.39, 0.29) is 22.9 Å². The average Bonchev–Trinajstić information content (AvgIpc) is 2.46. The highest BCUT2D eigenvalue weighted by Crippen LogP contribution is 2.26. The number of hydrogen-bond acceptors (Lipinski definition) is 4. The topological polar surface area (TPSA) is 72.5 Å². The monoisotopic (exact) mass is 207 g/mol. The van der Waals surface area contributed by atoms with Gasteiger partial charge in [0.2, 0.25) is 0 Å². The summed E-state index contributed by atoms with van der Waals surface area (Å²) in [6, 6.07) is 2.54. The van der Waals surface area contributed by atoms with Crippen molar-refractivity contribution < 1.29 is 20.5 Å².